The molecule has 0 bridgehead atoms. The Labute approximate surface area is 146 Å². The van der Waals surface area contributed by atoms with Crippen molar-refractivity contribution in [1.29, 1.82) is 0 Å². The lowest BCUT2D eigenvalue weighted by molar-refractivity contribution is -0.754. The molecular formula is C16H23N4O5+. The minimum Gasteiger partial charge on any atom is -0.481 e. The number of methoxy groups -OCH3 is 1. The summed E-state index contributed by atoms with van der Waals surface area (Å²) in [6, 6.07) is 3.62. The lowest BCUT2D eigenvalue weighted by atomic mass is 10.3. The Balaban J connectivity index is 0.000000710. The number of nitrogens with zero attached hydrogens (tertiary/aromatic N) is 4. The Morgan fingerprint density at radius 2 is 1.84 bits per heavy atom. The zero-order chi connectivity index (χ0) is 19.1. The lowest BCUT2D eigenvalue weighted by Gasteiger charge is -1.97. The summed E-state index contributed by atoms with van der Waals surface area (Å²) in [6.07, 6.45) is 7.54. The Morgan fingerprint density at radius 1 is 1.24 bits per heavy atom. The molecule has 2 aromatic rings. The van der Waals surface area contributed by atoms with E-state index in [0.717, 1.165) is 12.7 Å². The molecule has 0 amide bonds. The van der Waals surface area contributed by atoms with Crippen LogP contribution in [0.5, 0.6) is 0 Å². The van der Waals surface area contributed by atoms with Crippen LogP contribution in [0, 0.1) is 0 Å². The van der Waals surface area contributed by atoms with Gasteiger partial charge in [0, 0.05) is 44.5 Å². The van der Waals surface area contributed by atoms with Gasteiger partial charge in [-0.25, -0.2) is 9.97 Å². The molecule has 25 heavy (non-hydrogen) atoms. The number of aromatic nitrogens is 4. The van der Waals surface area contributed by atoms with Gasteiger partial charge >= 0.3 is 11.9 Å². The highest BCUT2D eigenvalue weighted by molar-refractivity contribution is 5.66. The number of carbonyl (C=O) groups is 2. The van der Waals surface area contributed by atoms with Gasteiger partial charge in [0.05, 0.1) is 13.5 Å². The monoisotopic (exact) mass is 351 g/mol. The highest BCUT2D eigenvalue weighted by Gasteiger charge is 2.07. The molecule has 0 saturated carbocycles. The van der Waals surface area contributed by atoms with E-state index in [-0.39, 0.29) is 12.4 Å². The standard InChI is InChI=1S/C12H12N4O2.C3H6O2.CH4O/c17-11(18)3-1-7-16-8-4-10(9-15-16)12-13-5-2-6-14-12;1-3(4)5-2;1-2/h2,4-6,8-9H,1,3,7H2;1-2H3;2H,1H3/p+1. The van der Waals surface area contributed by atoms with Gasteiger partial charge in [-0.2, -0.15) is 0 Å². The summed E-state index contributed by atoms with van der Waals surface area (Å²) in [5.41, 5.74) is 0.838. The summed E-state index contributed by atoms with van der Waals surface area (Å²) < 4.78 is 5.81. The smallest absolute Gasteiger partial charge is 0.303 e. The lowest BCUT2D eigenvalue weighted by Crippen LogP contribution is -2.37. The van der Waals surface area contributed by atoms with E-state index in [4.69, 9.17) is 10.2 Å². The molecule has 0 aliphatic heterocycles. The molecule has 2 aromatic heterocycles. The van der Waals surface area contributed by atoms with Crippen molar-refractivity contribution in [3.8, 4) is 11.4 Å². The first kappa shape index (κ1) is 22.1. The summed E-state index contributed by atoms with van der Waals surface area (Å²) in [5.74, 6) is -0.405. The van der Waals surface area contributed by atoms with Crippen LogP contribution in [0.4, 0.5) is 0 Å². The van der Waals surface area contributed by atoms with Crippen molar-refractivity contribution in [2.75, 3.05) is 14.2 Å². The minimum atomic E-state index is -0.787. The molecule has 0 aliphatic rings. The van der Waals surface area contributed by atoms with Crippen molar-refractivity contribution < 1.29 is 29.2 Å². The van der Waals surface area contributed by atoms with Crippen LogP contribution in [0.3, 0.4) is 0 Å². The molecule has 2 N–H and O–H groups in total. The molecule has 0 unspecified atom stereocenters. The first-order chi connectivity index (χ1) is 12.0. The molecule has 2 heterocycles. The number of carbonyl (C=O) groups excluding carboxylic acids is 1. The number of aliphatic carboxylic acids is 1. The quantitative estimate of drug-likeness (QED) is 0.588. The molecule has 0 aromatic carbocycles. The number of hydrogen-bond acceptors (Lipinski definition) is 7. The zero-order valence-electron chi connectivity index (χ0n) is 14.5. The van der Waals surface area contributed by atoms with Crippen molar-refractivity contribution in [2.45, 2.75) is 26.3 Å². The van der Waals surface area contributed by atoms with Gasteiger partial charge in [0.25, 0.3) is 0 Å². The topological polar surface area (TPSA) is 126 Å². The second-order valence-electron chi connectivity index (χ2n) is 4.44. The van der Waals surface area contributed by atoms with Crippen molar-refractivity contribution in [3.05, 3.63) is 36.9 Å². The highest BCUT2D eigenvalue weighted by Crippen LogP contribution is 2.09. The van der Waals surface area contributed by atoms with Gasteiger partial charge in [-0.15, -0.1) is 0 Å². The summed E-state index contributed by atoms with van der Waals surface area (Å²) in [6.45, 7) is 1.95. The first-order valence-electron chi connectivity index (χ1n) is 7.37. The molecule has 0 radical (unpaired) electrons. The summed E-state index contributed by atoms with van der Waals surface area (Å²) in [7, 11) is 2.35. The normalized spacial score (nSPS) is 8.96. The third-order valence-corrected chi connectivity index (χ3v) is 2.66. The van der Waals surface area contributed by atoms with Crippen LogP contribution in [-0.4, -0.2) is 51.4 Å². The minimum absolute atomic E-state index is 0.151. The second-order valence-corrected chi connectivity index (χ2v) is 4.44. The van der Waals surface area contributed by atoms with Gasteiger partial charge in [-0.1, -0.05) is 4.68 Å². The summed E-state index contributed by atoms with van der Waals surface area (Å²) >= 11 is 0. The average molecular weight is 351 g/mol. The Morgan fingerprint density at radius 3 is 2.28 bits per heavy atom. The molecule has 9 nitrogen and oxygen atoms in total. The number of aryl methyl sites for hydroxylation is 1. The second kappa shape index (κ2) is 13.5. The van der Waals surface area contributed by atoms with Gasteiger partial charge < -0.3 is 14.9 Å². The van der Waals surface area contributed by atoms with Crippen LogP contribution in [0.25, 0.3) is 11.4 Å². The van der Waals surface area contributed by atoms with E-state index in [0.29, 0.717) is 18.8 Å². The van der Waals surface area contributed by atoms with Crippen LogP contribution < -0.4 is 4.68 Å². The summed E-state index contributed by atoms with van der Waals surface area (Å²) in [4.78, 5) is 28.2. The number of aliphatic hydroxyl groups excluding tert-OH is 1. The maximum Gasteiger partial charge on any atom is 0.303 e. The largest absolute Gasteiger partial charge is 0.481 e. The predicted molar refractivity (Wildman–Crippen MR) is 88.2 cm³/mol. The van der Waals surface area contributed by atoms with E-state index in [1.54, 1.807) is 35.5 Å². The number of aliphatic hydroxyl groups is 1. The molecule has 9 heteroatoms. The van der Waals surface area contributed by atoms with E-state index in [1.807, 2.05) is 6.07 Å². The fourth-order valence-corrected chi connectivity index (χ4v) is 1.49. The van der Waals surface area contributed by atoms with E-state index < -0.39 is 5.97 Å². The van der Waals surface area contributed by atoms with E-state index in [9.17, 15) is 9.59 Å². The first-order valence-corrected chi connectivity index (χ1v) is 7.37. The van der Waals surface area contributed by atoms with Crippen LogP contribution in [0.2, 0.25) is 0 Å². The van der Waals surface area contributed by atoms with Gasteiger partial charge in [0.15, 0.2) is 18.6 Å². The van der Waals surface area contributed by atoms with Gasteiger partial charge in [-0.05, 0) is 11.2 Å². The van der Waals surface area contributed by atoms with E-state index >= 15 is 0 Å². The molecular weight excluding hydrogens is 328 g/mol. The number of esters is 1. The van der Waals surface area contributed by atoms with E-state index in [2.05, 4.69) is 19.8 Å². The van der Waals surface area contributed by atoms with Crippen LogP contribution in [0.15, 0.2) is 36.9 Å². The number of carboxylic acids is 1. The third-order valence-electron chi connectivity index (χ3n) is 2.66. The van der Waals surface area contributed by atoms with Crippen molar-refractivity contribution in [3.63, 3.8) is 0 Å². The maximum absolute atomic E-state index is 10.4. The predicted octanol–water partition coefficient (Wildman–Crippen LogP) is 0.479. The van der Waals surface area contributed by atoms with Crippen LogP contribution >= 0.6 is 0 Å². The van der Waals surface area contributed by atoms with Gasteiger partial charge in [0.1, 0.15) is 6.20 Å². The molecule has 0 fully saturated rings. The van der Waals surface area contributed by atoms with Gasteiger partial charge in [-0.3, -0.25) is 9.59 Å². The SMILES string of the molecule is CO.COC(C)=O.O=C(O)CCC[n+]1ccc(-c2ncccn2)cn1. The van der Waals surface area contributed by atoms with Gasteiger partial charge in [0.2, 0.25) is 0 Å². The fraction of sp³-hybridized carbons (Fsp3) is 0.375. The van der Waals surface area contributed by atoms with Crippen molar-refractivity contribution in [2.24, 2.45) is 0 Å². The molecule has 136 valence electrons. The van der Waals surface area contributed by atoms with E-state index in [1.165, 1.54) is 14.0 Å². The molecule has 0 aliphatic carbocycles. The maximum atomic E-state index is 10.4. The molecule has 0 atom stereocenters. The van der Waals surface area contributed by atoms with Crippen LogP contribution in [-0.2, 0) is 20.9 Å². The number of hydrogen-bond donors (Lipinski definition) is 2. The zero-order valence-corrected chi connectivity index (χ0v) is 14.5. The van der Waals surface area contributed by atoms with Crippen LogP contribution in [0.1, 0.15) is 19.8 Å². The van der Waals surface area contributed by atoms with Crippen molar-refractivity contribution in [1.82, 2.24) is 15.1 Å². The third kappa shape index (κ3) is 10.4. The number of rotatable bonds is 5. The molecule has 0 saturated heterocycles. The molecule has 0 spiro atoms. The Hall–Kier alpha value is -2.94. The highest BCUT2D eigenvalue weighted by atomic mass is 16.5. The number of ether oxygens (including phenoxy) is 1. The Bertz CT molecular complexity index is 620. The number of carboxylic acid groups (broad SMARTS) is 1. The summed E-state index contributed by atoms with van der Waals surface area (Å²) in [5, 5.41) is 19.7. The average Bonchev–Trinajstić information content (AvgIpc) is 2.65. The van der Waals surface area contributed by atoms with Crippen molar-refractivity contribution >= 4 is 11.9 Å². The Kier molecular flexibility index (Phi) is 11.9. The molecule has 2 rings (SSSR count). The fourth-order valence-electron chi connectivity index (χ4n) is 1.49.